The van der Waals surface area contributed by atoms with E-state index in [1.807, 2.05) is 12.1 Å². The maximum Gasteiger partial charge on any atom is 0.157 e. The van der Waals surface area contributed by atoms with Crippen molar-refractivity contribution in [1.29, 1.82) is 0 Å². The molecule has 16 heavy (non-hydrogen) atoms. The van der Waals surface area contributed by atoms with Gasteiger partial charge in [0.15, 0.2) is 9.84 Å². The maximum absolute atomic E-state index is 12.0. The molecule has 1 aliphatic carbocycles. The molecule has 1 fully saturated rings. The number of hydrogen-bond donors (Lipinski definition) is 1. The minimum atomic E-state index is -3.07. The predicted octanol–water partition coefficient (Wildman–Crippen LogP) is 2.08. The summed E-state index contributed by atoms with van der Waals surface area (Å²) in [6, 6.07) is 7.25. The van der Waals surface area contributed by atoms with E-state index in [9.17, 15) is 8.42 Å². The quantitative estimate of drug-likeness (QED) is 0.804. The van der Waals surface area contributed by atoms with Crippen LogP contribution in [-0.4, -0.2) is 14.7 Å². The van der Waals surface area contributed by atoms with Gasteiger partial charge in [0, 0.05) is 11.9 Å². The molecule has 88 valence electrons. The lowest BCUT2D eigenvalue weighted by Crippen LogP contribution is -2.31. The maximum atomic E-state index is 12.0. The normalized spacial score (nSPS) is 19.8. The van der Waals surface area contributed by atoms with Gasteiger partial charge in [0.25, 0.3) is 0 Å². The molecule has 0 saturated heterocycles. The molecule has 0 radical (unpaired) electrons. The van der Waals surface area contributed by atoms with Gasteiger partial charge in [-0.25, -0.2) is 8.42 Å². The number of rotatable bonds is 2. The fourth-order valence-electron chi connectivity index (χ4n) is 2.61. The predicted molar refractivity (Wildman–Crippen MR) is 65.8 cm³/mol. The van der Waals surface area contributed by atoms with Gasteiger partial charge in [0.05, 0.1) is 4.75 Å². The molecule has 2 rings (SSSR count). The fourth-order valence-corrected chi connectivity index (χ4v) is 4.20. The summed E-state index contributed by atoms with van der Waals surface area (Å²) in [6.45, 7) is 0. The molecule has 1 aliphatic rings. The number of nitrogens with two attached hydrogens (primary N) is 1. The van der Waals surface area contributed by atoms with Crippen LogP contribution in [0.15, 0.2) is 24.3 Å². The van der Waals surface area contributed by atoms with E-state index >= 15 is 0 Å². The van der Waals surface area contributed by atoms with Crippen LogP contribution in [0.4, 0.5) is 5.69 Å². The second-order valence-corrected chi connectivity index (χ2v) is 6.92. The molecule has 1 aromatic rings. The van der Waals surface area contributed by atoms with Gasteiger partial charge in [0.2, 0.25) is 0 Å². The highest BCUT2D eigenvalue weighted by Crippen LogP contribution is 2.45. The highest BCUT2D eigenvalue weighted by molar-refractivity contribution is 7.91. The summed E-state index contributed by atoms with van der Waals surface area (Å²) in [6.07, 6.45) is 4.77. The zero-order valence-electron chi connectivity index (χ0n) is 9.44. The monoisotopic (exact) mass is 239 g/mol. The average molecular weight is 239 g/mol. The molecule has 3 nitrogen and oxygen atoms in total. The summed E-state index contributed by atoms with van der Waals surface area (Å²) in [5.41, 5.74) is 7.19. The second-order valence-electron chi connectivity index (χ2n) is 4.60. The van der Waals surface area contributed by atoms with Crippen LogP contribution in [0.5, 0.6) is 0 Å². The van der Waals surface area contributed by atoms with E-state index in [2.05, 4.69) is 0 Å². The van der Waals surface area contributed by atoms with E-state index < -0.39 is 14.6 Å². The van der Waals surface area contributed by atoms with Gasteiger partial charge in [-0.1, -0.05) is 25.0 Å². The minimum Gasteiger partial charge on any atom is -0.399 e. The van der Waals surface area contributed by atoms with Crippen molar-refractivity contribution in [2.24, 2.45) is 0 Å². The van der Waals surface area contributed by atoms with Crippen molar-refractivity contribution in [1.82, 2.24) is 0 Å². The number of nitrogen functional groups attached to an aromatic ring is 1. The average Bonchev–Trinajstić information content (AvgIpc) is 2.68. The van der Waals surface area contributed by atoms with Crippen LogP contribution in [0.1, 0.15) is 31.2 Å². The van der Waals surface area contributed by atoms with Crippen molar-refractivity contribution in [3.05, 3.63) is 29.8 Å². The molecule has 0 aliphatic heterocycles. The van der Waals surface area contributed by atoms with Crippen LogP contribution >= 0.6 is 0 Å². The molecule has 1 aromatic carbocycles. The Hall–Kier alpha value is -1.03. The highest BCUT2D eigenvalue weighted by atomic mass is 32.2. The smallest absolute Gasteiger partial charge is 0.157 e. The largest absolute Gasteiger partial charge is 0.399 e. The van der Waals surface area contributed by atoms with Gasteiger partial charge in [-0.2, -0.15) is 0 Å². The number of sulfone groups is 1. The number of benzene rings is 1. The van der Waals surface area contributed by atoms with Gasteiger partial charge in [-0.05, 0) is 30.5 Å². The first-order valence-corrected chi connectivity index (χ1v) is 7.40. The Morgan fingerprint density at radius 1 is 1.12 bits per heavy atom. The first-order chi connectivity index (χ1) is 7.46. The molecule has 4 heteroatoms. The van der Waals surface area contributed by atoms with Gasteiger partial charge in [0.1, 0.15) is 0 Å². The van der Waals surface area contributed by atoms with Crippen LogP contribution in [-0.2, 0) is 14.6 Å². The van der Waals surface area contributed by atoms with E-state index in [0.29, 0.717) is 5.69 Å². The van der Waals surface area contributed by atoms with E-state index in [-0.39, 0.29) is 0 Å². The Morgan fingerprint density at radius 3 is 2.06 bits per heavy atom. The Labute approximate surface area is 96.6 Å². The van der Waals surface area contributed by atoms with Gasteiger partial charge in [-0.15, -0.1) is 0 Å². The van der Waals surface area contributed by atoms with Crippen molar-refractivity contribution in [2.75, 3.05) is 12.0 Å². The van der Waals surface area contributed by atoms with Crippen LogP contribution in [0.25, 0.3) is 0 Å². The molecule has 0 bridgehead atoms. The Balaban J connectivity index is 2.53. The highest BCUT2D eigenvalue weighted by Gasteiger charge is 2.44. The lowest BCUT2D eigenvalue weighted by Gasteiger charge is -2.27. The Kier molecular flexibility index (Phi) is 2.70. The lowest BCUT2D eigenvalue weighted by molar-refractivity contribution is 0.529. The molecule has 0 heterocycles. The van der Waals surface area contributed by atoms with Crippen molar-refractivity contribution in [3.8, 4) is 0 Å². The SMILES string of the molecule is CS(=O)(=O)C1(c2ccc(N)cc2)CCCC1. The molecule has 1 saturated carbocycles. The molecular weight excluding hydrogens is 222 g/mol. The summed E-state index contributed by atoms with van der Waals surface area (Å²) in [5.74, 6) is 0. The standard InChI is InChI=1S/C12H17NO2S/c1-16(14,15)12(8-2-3-9-12)10-4-6-11(13)7-5-10/h4-7H,2-3,8-9,13H2,1H3. The molecule has 0 spiro atoms. The van der Waals surface area contributed by atoms with Gasteiger partial charge in [-0.3, -0.25) is 0 Å². The van der Waals surface area contributed by atoms with Crippen LogP contribution in [0, 0.1) is 0 Å². The topological polar surface area (TPSA) is 60.2 Å². The van der Waals surface area contributed by atoms with Crippen molar-refractivity contribution >= 4 is 15.5 Å². The summed E-state index contributed by atoms with van der Waals surface area (Å²) < 4.78 is 23.4. The zero-order chi connectivity index (χ0) is 11.8. The summed E-state index contributed by atoms with van der Waals surface area (Å²) in [5, 5.41) is 0. The molecular formula is C12H17NO2S. The van der Waals surface area contributed by atoms with Gasteiger partial charge < -0.3 is 5.73 Å². The van der Waals surface area contributed by atoms with Crippen molar-refractivity contribution in [3.63, 3.8) is 0 Å². The zero-order valence-corrected chi connectivity index (χ0v) is 10.3. The minimum absolute atomic E-state index is 0.666. The Bertz CT molecular complexity index is 470. The molecule has 0 amide bonds. The van der Waals surface area contributed by atoms with E-state index in [1.165, 1.54) is 6.26 Å². The first-order valence-electron chi connectivity index (χ1n) is 5.51. The fraction of sp³-hybridized carbons (Fsp3) is 0.500. The number of anilines is 1. The van der Waals surface area contributed by atoms with Crippen molar-refractivity contribution < 1.29 is 8.42 Å². The summed E-state index contributed by atoms with van der Waals surface area (Å²) >= 11 is 0. The lowest BCUT2D eigenvalue weighted by atomic mass is 9.96. The summed E-state index contributed by atoms with van der Waals surface area (Å²) in [7, 11) is -3.07. The number of hydrogen-bond acceptors (Lipinski definition) is 3. The second kappa shape index (κ2) is 3.77. The van der Waals surface area contributed by atoms with E-state index in [0.717, 1.165) is 31.2 Å². The third kappa shape index (κ3) is 1.71. The Morgan fingerprint density at radius 2 is 1.62 bits per heavy atom. The van der Waals surface area contributed by atoms with Crippen molar-refractivity contribution in [2.45, 2.75) is 30.4 Å². The first kappa shape index (κ1) is 11.5. The van der Waals surface area contributed by atoms with Crippen LogP contribution in [0.2, 0.25) is 0 Å². The van der Waals surface area contributed by atoms with E-state index in [1.54, 1.807) is 12.1 Å². The van der Waals surface area contributed by atoms with Crippen LogP contribution < -0.4 is 5.73 Å². The molecule has 2 N–H and O–H groups in total. The van der Waals surface area contributed by atoms with Gasteiger partial charge >= 0.3 is 0 Å². The molecule has 0 atom stereocenters. The third-order valence-corrected chi connectivity index (χ3v) is 5.62. The van der Waals surface area contributed by atoms with Crippen LogP contribution in [0.3, 0.4) is 0 Å². The third-order valence-electron chi connectivity index (χ3n) is 3.56. The summed E-state index contributed by atoms with van der Waals surface area (Å²) in [4.78, 5) is 0. The molecule has 0 aromatic heterocycles. The molecule has 0 unspecified atom stereocenters. The van der Waals surface area contributed by atoms with E-state index in [4.69, 9.17) is 5.73 Å².